The summed E-state index contributed by atoms with van der Waals surface area (Å²) in [5, 5.41) is 13.1. The maximum atomic E-state index is 11.7. The van der Waals surface area contributed by atoms with Crippen LogP contribution in [0.15, 0.2) is 29.4 Å². The Bertz CT molecular complexity index is 405. The average Bonchev–Trinajstić information content (AvgIpc) is 2.45. The minimum absolute atomic E-state index is 0.0270. The van der Waals surface area contributed by atoms with Crippen LogP contribution in [-0.4, -0.2) is 33.9 Å². The number of carbonyl (C=O) groups excluding carboxylic acids is 1. The van der Waals surface area contributed by atoms with Crippen molar-refractivity contribution in [2.24, 2.45) is 0 Å². The Morgan fingerprint density at radius 3 is 2.68 bits per heavy atom. The van der Waals surface area contributed by atoms with Crippen LogP contribution in [0.3, 0.4) is 0 Å². The van der Waals surface area contributed by atoms with E-state index in [-0.39, 0.29) is 5.91 Å². The first-order valence-corrected chi connectivity index (χ1v) is 7.68. The maximum absolute atomic E-state index is 11.7. The minimum Gasteiger partial charge on any atom is -0.388 e. The van der Waals surface area contributed by atoms with E-state index < -0.39 is 5.60 Å². The fourth-order valence-electron chi connectivity index (χ4n) is 2.28. The molecule has 5 heteroatoms. The van der Waals surface area contributed by atoms with Gasteiger partial charge in [0.05, 0.1) is 11.4 Å². The number of nitrogens with zero attached hydrogens (tertiary/aromatic N) is 1. The Morgan fingerprint density at radius 1 is 1.32 bits per heavy atom. The van der Waals surface area contributed by atoms with Gasteiger partial charge in [0.25, 0.3) is 0 Å². The van der Waals surface area contributed by atoms with Gasteiger partial charge in [-0.3, -0.25) is 9.78 Å². The summed E-state index contributed by atoms with van der Waals surface area (Å²) in [4.78, 5) is 16.7. The summed E-state index contributed by atoms with van der Waals surface area (Å²) in [6.45, 7) is 0.378. The molecule has 2 rings (SSSR count). The Kier molecular flexibility index (Phi) is 5.22. The molecule has 1 aliphatic rings. The third-order valence-corrected chi connectivity index (χ3v) is 4.43. The largest absolute Gasteiger partial charge is 0.388 e. The van der Waals surface area contributed by atoms with Gasteiger partial charge in [0.15, 0.2) is 0 Å². The lowest BCUT2D eigenvalue weighted by Crippen LogP contribution is -2.44. The van der Waals surface area contributed by atoms with Gasteiger partial charge in [0, 0.05) is 23.8 Å². The van der Waals surface area contributed by atoms with Gasteiger partial charge in [-0.05, 0) is 25.0 Å². The molecule has 1 aliphatic carbocycles. The highest BCUT2D eigenvalue weighted by atomic mass is 32.2. The topological polar surface area (TPSA) is 62.2 Å². The second-order valence-electron chi connectivity index (χ2n) is 5.03. The van der Waals surface area contributed by atoms with E-state index in [2.05, 4.69) is 10.3 Å². The van der Waals surface area contributed by atoms with E-state index in [1.54, 1.807) is 12.4 Å². The van der Waals surface area contributed by atoms with Gasteiger partial charge in [-0.1, -0.05) is 19.3 Å². The number of rotatable bonds is 5. The van der Waals surface area contributed by atoms with Crippen LogP contribution in [-0.2, 0) is 4.79 Å². The van der Waals surface area contributed by atoms with Gasteiger partial charge in [-0.15, -0.1) is 11.8 Å². The molecular weight excluding hydrogens is 260 g/mol. The molecule has 1 saturated carbocycles. The monoisotopic (exact) mass is 280 g/mol. The molecule has 0 radical (unpaired) electrons. The smallest absolute Gasteiger partial charge is 0.230 e. The predicted molar refractivity (Wildman–Crippen MR) is 76.0 cm³/mol. The third kappa shape index (κ3) is 4.84. The second kappa shape index (κ2) is 6.91. The van der Waals surface area contributed by atoms with Crippen molar-refractivity contribution in [3.05, 3.63) is 24.5 Å². The number of nitrogens with one attached hydrogen (secondary N) is 1. The first-order chi connectivity index (χ1) is 9.18. The molecule has 1 fully saturated rings. The average molecular weight is 280 g/mol. The van der Waals surface area contributed by atoms with Gasteiger partial charge >= 0.3 is 0 Å². The van der Waals surface area contributed by atoms with E-state index in [0.717, 1.165) is 30.6 Å². The zero-order valence-corrected chi connectivity index (χ0v) is 11.8. The van der Waals surface area contributed by atoms with Crippen molar-refractivity contribution in [1.82, 2.24) is 10.3 Å². The van der Waals surface area contributed by atoms with Gasteiger partial charge in [0.2, 0.25) is 5.91 Å². The molecule has 4 nitrogen and oxygen atoms in total. The summed E-state index contributed by atoms with van der Waals surface area (Å²) in [5.74, 6) is 0.348. The molecule has 1 heterocycles. The van der Waals surface area contributed by atoms with Gasteiger partial charge in [-0.2, -0.15) is 0 Å². The van der Waals surface area contributed by atoms with Crippen molar-refractivity contribution >= 4 is 17.7 Å². The number of hydrogen-bond acceptors (Lipinski definition) is 4. The van der Waals surface area contributed by atoms with Crippen molar-refractivity contribution < 1.29 is 9.90 Å². The van der Waals surface area contributed by atoms with Crippen LogP contribution >= 0.6 is 11.8 Å². The van der Waals surface area contributed by atoms with Crippen LogP contribution in [0.4, 0.5) is 0 Å². The molecule has 1 aromatic rings. The molecule has 0 aromatic carbocycles. The molecule has 0 spiro atoms. The van der Waals surface area contributed by atoms with Crippen LogP contribution in [0.5, 0.6) is 0 Å². The second-order valence-corrected chi connectivity index (χ2v) is 6.08. The molecular formula is C14H20N2O2S. The van der Waals surface area contributed by atoms with Crippen molar-refractivity contribution in [2.75, 3.05) is 12.3 Å². The zero-order valence-electron chi connectivity index (χ0n) is 11.0. The highest BCUT2D eigenvalue weighted by molar-refractivity contribution is 8.00. The van der Waals surface area contributed by atoms with Crippen LogP contribution in [0, 0.1) is 0 Å². The van der Waals surface area contributed by atoms with Gasteiger partial charge in [-0.25, -0.2) is 0 Å². The Morgan fingerprint density at radius 2 is 2.00 bits per heavy atom. The number of aromatic nitrogens is 1. The van der Waals surface area contributed by atoms with Crippen LogP contribution < -0.4 is 5.32 Å². The van der Waals surface area contributed by atoms with Gasteiger partial charge < -0.3 is 10.4 Å². The van der Waals surface area contributed by atoms with E-state index in [4.69, 9.17) is 0 Å². The Labute approximate surface area is 118 Å². The lowest BCUT2D eigenvalue weighted by molar-refractivity contribution is -0.120. The molecule has 0 atom stereocenters. The summed E-state index contributed by atoms with van der Waals surface area (Å²) in [6.07, 6.45) is 8.32. The van der Waals surface area contributed by atoms with Crippen LogP contribution in [0.25, 0.3) is 0 Å². The molecule has 19 heavy (non-hydrogen) atoms. The standard InChI is InChI=1S/C14H20N2O2S/c17-13(10-19-12-4-8-15-9-5-12)16-11-14(18)6-2-1-3-7-14/h4-5,8-9,18H,1-3,6-7,10-11H2,(H,16,17). The normalized spacial score (nSPS) is 17.9. The van der Waals surface area contributed by atoms with E-state index in [0.29, 0.717) is 12.3 Å². The molecule has 0 saturated heterocycles. The maximum Gasteiger partial charge on any atom is 0.230 e. The summed E-state index contributed by atoms with van der Waals surface area (Å²) in [7, 11) is 0. The van der Waals surface area contributed by atoms with E-state index in [1.807, 2.05) is 12.1 Å². The van der Waals surface area contributed by atoms with Gasteiger partial charge in [0.1, 0.15) is 0 Å². The number of hydrogen-bond donors (Lipinski definition) is 2. The Hall–Kier alpha value is -1.07. The SMILES string of the molecule is O=C(CSc1ccncc1)NCC1(O)CCCCC1. The van der Waals surface area contributed by atoms with Crippen molar-refractivity contribution in [2.45, 2.75) is 42.6 Å². The Balaban J connectivity index is 1.70. The highest BCUT2D eigenvalue weighted by Crippen LogP contribution is 2.27. The first kappa shape index (κ1) is 14.3. The summed E-state index contributed by atoms with van der Waals surface area (Å²) >= 11 is 1.48. The minimum atomic E-state index is -0.685. The van der Waals surface area contributed by atoms with Crippen molar-refractivity contribution in [1.29, 1.82) is 0 Å². The number of aliphatic hydroxyl groups is 1. The zero-order chi connectivity index (χ0) is 13.6. The summed E-state index contributed by atoms with van der Waals surface area (Å²) < 4.78 is 0. The molecule has 0 bridgehead atoms. The predicted octanol–water partition coefficient (Wildman–Crippen LogP) is 1.99. The lowest BCUT2D eigenvalue weighted by Gasteiger charge is -2.32. The van der Waals surface area contributed by atoms with E-state index >= 15 is 0 Å². The van der Waals surface area contributed by atoms with Crippen LogP contribution in [0.2, 0.25) is 0 Å². The third-order valence-electron chi connectivity index (χ3n) is 3.42. The number of amides is 1. The quantitative estimate of drug-likeness (QED) is 0.810. The van der Waals surface area contributed by atoms with Crippen molar-refractivity contribution in [3.8, 4) is 0 Å². The number of thioether (sulfide) groups is 1. The fourth-order valence-corrected chi connectivity index (χ4v) is 3.00. The first-order valence-electron chi connectivity index (χ1n) is 6.70. The molecule has 1 amide bonds. The molecule has 0 unspecified atom stereocenters. The molecule has 0 aliphatic heterocycles. The molecule has 104 valence electrons. The number of carbonyl (C=O) groups is 1. The molecule has 2 N–H and O–H groups in total. The van der Waals surface area contributed by atoms with E-state index in [9.17, 15) is 9.90 Å². The molecule has 1 aromatic heterocycles. The van der Waals surface area contributed by atoms with Crippen LogP contribution in [0.1, 0.15) is 32.1 Å². The lowest BCUT2D eigenvalue weighted by atomic mass is 9.85. The highest BCUT2D eigenvalue weighted by Gasteiger charge is 2.29. The summed E-state index contributed by atoms with van der Waals surface area (Å²) in [5.41, 5.74) is -0.685. The number of pyridine rings is 1. The van der Waals surface area contributed by atoms with Crippen molar-refractivity contribution in [3.63, 3.8) is 0 Å². The van der Waals surface area contributed by atoms with E-state index in [1.165, 1.54) is 18.2 Å². The summed E-state index contributed by atoms with van der Waals surface area (Å²) in [6, 6.07) is 3.76. The fraction of sp³-hybridized carbons (Fsp3) is 0.571.